The summed E-state index contributed by atoms with van der Waals surface area (Å²) in [5, 5.41) is 6.70. The van der Waals surface area contributed by atoms with E-state index in [9.17, 15) is 9.59 Å². The molecule has 0 radical (unpaired) electrons. The first-order valence-electron chi connectivity index (χ1n) is 8.42. The van der Waals surface area contributed by atoms with Crippen molar-refractivity contribution in [3.05, 3.63) is 41.8 Å². The third kappa shape index (κ3) is 4.40. The monoisotopic (exact) mass is 343 g/mol. The van der Waals surface area contributed by atoms with Crippen molar-refractivity contribution in [1.29, 1.82) is 0 Å². The number of aryl methyl sites for hydroxylation is 1. The fraction of sp³-hybridized carbons (Fsp3) is 0.471. The van der Waals surface area contributed by atoms with Crippen LogP contribution in [0.2, 0.25) is 0 Å². The largest absolute Gasteiger partial charge is 0.355 e. The lowest BCUT2D eigenvalue weighted by Crippen LogP contribution is -2.34. The Kier molecular flexibility index (Phi) is 5.37. The first kappa shape index (κ1) is 17.1. The van der Waals surface area contributed by atoms with Crippen molar-refractivity contribution >= 4 is 11.8 Å². The van der Waals surface area contributed by atoms with Gasteiger partial charge in [0.15, 0.2) is 5.82 Å². The molecule has 0 unspecified atom stereocenters. The van der Waals surface area contributed by atoms with Crippen LogP contribution in [0.25, 0.3) is 0 Å². The number of hydrogen-bond acceptors (Lipinski definition) is 6. The van der Waals surface area contributed by atoms with Crippen LogP contribution in [0.5, 0.6) is 0 Å². The molecule has 0 aliphatic carbocycles. The van der Waals surface area contributed by atoms with Gasteiger partial charge in [-0.05, 0) is 12.1 Å². The Morgan fingerprint density at radius 1 is 1.44 bits per heavy atom. The van der Waals surface area contributed by atoms with Crippen molar-refractivity contribution in [1.82, 2.24) is 25.3 Å². The van der Waals surface area contributed by atoms with Crippen LogP contribution in [0.1, 0.15) is 30.8 Å². The van der Waals surface area contributed by atoms with E-state index in [4.69, 9.17) is 4.52 Å². The molecule has 25 heavy (non-hydrogen) atoms. The molecule has 0 saturated carbocycles. The smallest absolute Gasteiger partial charge is 0.226 e. The van der Waals surface area contributed by atoms with E-state index in [-0.39, 0.29) is 24.2 Å². The van der Waals surface area contributed by atoms with E-state index < -0.39 is 0 Å². The average molecular weight is 343 g/mol. The van der Waals surface area contributed by atoms with Gasteiger partial charge in [0.1, 0.15) is 0 Å². The molecule has 1 saturated heterocycles. The number of rotatable bonds is 7. The van der Waals surface area contributed by atoms with Crippen molar-refractivity contribution in [3.8, 4) is 0 Å². The fourth-order valence-electron chi connectivity index (χ4n) is 2.76. The molecule has 1 N–H and O–H groups in total. The number of pyridine rings is 1. The predicted octanol–water partition coefficient (Wildman–Crippen LogP) is 0.734. The first-order chi connectivity index (χ1) is 12.2. The maximum absolute atomic E-state index is 12.3. The lowest BCUT2D eigenvalue weighted by Gasteiger charge is -2.16. The lowest BCUT2D eigenvalue weighted by atomic mass is 10.1. The van der Waals surface area contributed by atoms with Gasteiger partial charge in [0.2, 0.25) is 17.7 Å². The van der Waals surface area contributed by atoms with Crippen LogP contribution in [-0.2, 0) is 29.0 Å². The van der Waals surface area contributed by atoms with E-state index in [2.05, 4.69) is 20.4 Å². The molecule has 1 atom stereocenters. The minimum Gasteiger partial charge on any atom is -0.355 e. The van der Waals surface area contributed by atoms with Crippen LogP contribution in [-0.4, -0.2) is 44.9 Å². The van der Waals surface area contributed by atoms with Crippen LogP contribution in [0.3, 0.4) is 0 Å². The van der Waals surface area contributed by atoms with Crippen molar-refractivity contribution in [3.63, 3.8) is 0 Å². The normalized spacial score (nSPS) is 17.1. The number of amides is 2. The molecule has 0 aromatic carbocycles. The molecular weight excluding hydrogens is 322 g/mol. The number of hydrogen-bond donors (Lipinski definition) is 1. The van der Waals surface area contributed by atoms with Crippen molar-refractivity contribution in [2.75, 3.05) is 13.1 Å². The Bertz CT molecular complexity index is 731. The van der Waals surface area contributed by atoms with Gasteiger partial charge in [-0.3, -0.25) is 14.6 Å². The third-order valence-corrected chi connectivity index (χ3v) is 4.12. The molecule has 0 spiro atoms. The maximum atomic E-state index is 12.3. The zero-order valence-electron chi connectivity index (χ0n) is 14.1. The van der Waals surface area contributed by atoms with Crippen LogP contribution in [0, 0.1) is 5.92 Å². The first-order valence-corrected chi connectivity index (χ1v) is 8.42. The van der Waals surface area contributed by atoms with E-state index in [0.717, 1.165) is 5.69 Å². The van der Waals surface area contributed by atoms with E-state index in [1.807, 2.05) is 25.1 Å². The number of aromatic nitrogens is 3. The summed E-state index contributed by atoms with van der Waals surface area (Å²) in [4.78, 5) is 34.5. The van der Waals surface area contributed by atoms with Crippen LogP contribution >= 0.6 is 0 Å². The zero-order valence-corrected chi connectivity index (χ0v) is 14.1. The maximum Gasteiger partial charge on any atom is 0.226 e. The number of carbonyl (C=O) groups is 2. The molecule has 2 aromatic rings. The highest BCUT2D eigenvalue weighted by Gasteiger charge is 2.34. The molecule has 0 bridgehead atoms. The number of likely N-dealkylation sites (tertiary alicyclic amines) is 1. The number of nitrogens with one attached hydrogen (secondary N) is 1. The second-order valence-electron chi connectivity index (χ2n) is 6.00. The summed E-state index contributed by atoms with van der Waals surface area (Å²) in [6.45, 7) is 3.22. The Hall–Kier alpha value is -2.77. The van der Waals surface area contributed by atoms with Gasteiger partial charge >= 0.3 is 0 Å². The van der Waals surface area contributed by atoms with Gasteiger partial charge in [-0.25, -0.2) is 0 Å². The van der Waals surface area contributed by atoms with Gasteiger partial charge in [-0.2, -0.15) is 4.98 Å². The summed E-state index contributed by atoms with van der Waals surface area (Å²) in [7, 11) is 0. The summed E-state index contributed by atoms with van der Waals surface area (Å²) in [5.74, 6) is 0.713. The lowest BCUT2D eigenvalue weighted by molar-refractivity contribution is -0.129. The Balaban J connectivity index is 1.45. The van der Waals surface area contributed by atoms with E-state index in [1.54, 1.807) is 11.1 Å². The minimum absolute atomic E-state index is 0.0171. The highest BCUT2D eigenvalue weighted by Crippen LogP contribution is 2.19. The predicted molar refractivity (Wildman–Crippen MR) is 88.2 cm³/mol. The molecule has 2 aromatic heterocycles. The molecule has 3 heterocycles. The number of nitrogens with zero attached hydrogens (tertiary/aromatic N) is 4. The van der Waals surface area contributed by atoms with Crippen molar-refractivity contribution in [2.45, 2.75) is 32.7 Å². The van der Waals surface area contributed by atoms with E-state index in [1.165, 1.54) is 0 Å². The fourth-order valence-corrected chi connectivity index (χ4v) is 2.76. The SMILES string of the molecule is CCc1nc(CCNC(=O)[C@H]2CC(=O)N(Cc3ccccn3)C2)no1. The number of carbonyl (C=O) groups excluding carboxylic acids is 2. The van der Waals surface area contributed by atoms with Gasteiger partial charge in [0.25, 0.3) is 0 Å². The molecule has 8 heteroatoms. The second-order valence-corrected chi connectivity index (χ2v) is 6.00. The summed E-state index contributed by atoms with van der Waals surface area (Å²) in [6.07, 6.45) is 3.13. The van der Waals surface area contributed by atoms with Crippen molar-refractivity contribution < 1.29 is 14.1 Å². The van der Waals surface area contributed by atoms with Gasteiger partial charge in [-0.1, -0.05) is 18.1 Å². The van der Waals surface area contributed by atoms with E-state index >= 15 is 0 Å². The molecular formula is C17H21N5O3. The Labute approximate surface area is 145 Å². The Morgan fingerprint density at radius 3 is 3.04 bits per heavy atom. The van der Waals surface area contributed by atoms with Crippen LogP contribution in [0.4, 0.5) is 0 Å². The van der Waals surface area contributed by atoms with Gasteiger partial charge in [-0.15, -0.1) is 0 Å². The standard InChI is InChI=1S/C17H21N5O3/c1-2-15-20-14(21-25-15)6-8-19-17(24)12-9-16(23)22(10-12)11-13-5-3-4-7-18-13/h3-5,7,12H,2,6,8-11H2,1H3,(H,19,24)/t12-/m0/s1. The Morgan fingerprint density at radius 2 is 2.32 bits per heavy atom. The van der Waals surface area contributed by atoms with Crippen LogP contribution in [0.15, 0.2) is 28.9 Å². The summed E-state index contributed by atoms with van der Waals surface area (Å²) in [5.41, 5.74) is 0.820. The zero-order chi connectivity index (χ0) is 17.6. The minimum atomic E-state index is -0.326. The summed E-state index contributed by atoms with van der Waals surface area (Å²) >= 11 is 0. The van der Waals surface area contributed by atoms with Gasteiger partial charge in [0, 0.05) is 38.5 Å². The van der Waals surface area contributed by atoms with E-state index in [0.29, 0.717) is 44.2 Å². The highest BCUT2D eigenvalue weighted by molar-refractivity contribution is 5.89. The quantitative estimate of drug-likeness (QED) is 0.795. The molecule has 2 amide bonds. The molecule has 1 aliphatic rings. The summed E-state index contributed by atoms with van der Waals surface area (Å²) in [6, 6.07) is 5.59. The third-order valence-electron chi connectivity index (χ3n) is 4.12. The van der Waals surface area contributed by atoms with Gasteiger partial charge < -0.3 is 14.7 Å². The second kappa shape index (κ2) is 7.87. The van der Waals surface area contributed by atoms with Crippen molar-refractivity contribution in [2.24, 2.45) is 5.92 Å². The molecule has 8 nitrogen and oxygen atoms in total. The molecule has 1 fully saturated rings. The molecule has 3 rings (SSSR count). The molecule has 1 aliphatic heterocycles. The average Bonchev–Trinajstić information content (AvgIpc) is 3.23. The molecule has 132 valence electrons. The highest BCUT2D eigenvalue weighted by atomic mass is 16.5. The van der Waals surface area contributed by atoms with Gasteiger partial charge in [0.05, 0.1) is 18.2 Å². The van der Waals surface area contributed by atoms with Crippen LogP contribution < -0.4 is 5.32 Å². The summed E-state index contributed by atoms with van der Waals surface area (Å²) < 4.78 is 5.02. The topological polar surface area (TPSA) is 101 Å².